The van der Waals surface area contributed by atoms with Gasteiger partial charge in [-0.25, -0.2) is 0 Å². The van der Waals surface area contributed by atoms with Crippen molar-refractivity contribution in [3.8, 4) is 0 Å². The van der Waals surface area contributed by atoms with Gasteiger partial charge in [-0.2, -0.15) is 0 Å². The van der Waals surface area contributed by atoms with Gasteiger partial charge in [0.05, 0.1) is 6.61 Å². The summed E-state index contributed by atoms with van der Waals surface area (Å²) in [5, 5.41) is 0. The van der Waals surface area contributed by atoms with Crippen molar-refractivity contribution in [2.45, 2.75) is 96.8 Å². The van der Waals surface area contributed by atoms with Gasteiger partial charge in [0.2, 0.25) is 0 Å². The summed E-state index contributed by atoms with van der Waals surface area (Å²) in [6.07, 6.45) is 17.6. The van der Waals surface area contributed by atoms with Gasteiger partial charge < -0.3 is 9.64 Å². The van der Waals surface area contributed by atoms with E-state index < -0.39 is 5.41 Å². The van der Waals surface area contributed by atoms with E-state index in [0.29, 0.717) is 19.6 Å². The summed E-state index contributed by atoms with van der Waals surface area (Å²) in [7, 11) is 3.95. The topological polar surface area (TPSA) is 29.5 Å². The Morgan fingerprint density at radius 2 is 1.23 bits per heavy atom. The van der Waals surface area contributed by atoms with Crippen LogP contribution in [0.3, 0.4) is 0 Å². The van der Waals surface area contributed by atoms with E-state index in [9.17, 15) is 4.79 Å². The van der Waals surface area contributed by atoms with Crippen molar-refractivity contribution in [3.05, 3.63) is 13.8 Å². The largest absolute Gasteiger partial charge is 0.465 e. The first-order valence-electron chi connectivity index (χ1n) is 10.9. The van der Waals surface area contributed by atoms with Crippen LogP contribution in [0.4, 0.5) is 0 Å². The smallest absolute Gasteiger partial charge is 0.305 e. The third-order valence-electron chi connectivity index (χ3n) is 4.68. The quantitative estimate of drug-likeness (QED) is 0.212. The standard InChI is InChI=1S/C23H45NO2/c1-6-7-8-9-10-11-12-13-14-15-16-17-18-19-22(25)26-21-23(2,3)20-24(4)5/h2-3,6-21H2,1,4-5H3. The average Bonchev–Trinajstić information content (AvgIpc) is 2.56. The predicted molar refractivity (Wildman–Crippen MR) is 113 cm³/mol. The third-order valence-corrected chi connectivity index (χ3v) is 4.68. The molecule has 0 aromatic heterocycles. The summed E-state index contributed by atoms with van der Waals surface area (Å²) in [6.45, 7) is 11.3. The summed E-state index contributed by atoms with van der Waals surface area (Å²) in [4.78, 5) is 13.8. The molecule has 0 bridgehead atoms. The van der Waals surface area contributed by atoms with Crippen LogP contribution < -0.4 is 0 Å². The Hall–Kier alpha value is -0.570. The van der Waals surface area contributed by atoms with Gasteiger partial charge in [0.1, 0.15) is 0 Å². The van der Waals surface area contributed by atoms with Crippen molar-refractivity contribution in [2.75, 3.05) is 27.2 Å². The Morgan fingerprint density at radius 1 is 0.808 bits per heavy atom. The van der Waals surface area contributed by atoms with Gasteiger partial charge in [-0.3, -0.25) is 4.79 Å². The molecular formula is C23H45NO2. The monoisotopic (exact) mass is 367 g/mol. The minimum absolute atomic E-state index is 0.108. The van der Waals surface area contributed by atoms with E-state index in [1.807, 2.05) is 19.0 Å². The number of hydrogen-bond donors (Lipinski definition) is 0. The molecule has 0 aromatic carbocycles. The number of hydrogen-bond acceptors (Lipinski definition) is 3. The van der Waals surface area contributed by atoms with Gasteiger partial charge in [0.15, 0.2) is 0 Å². The molecule has 0 aromatic rings. The first kappa shape index (κ1) is 25.4. The highest BCUT2D eigenvalue weighted by Crippen LogP contribution is 2.16. The fourth-order valence-corrected chi connectivity index (χ4v) is 3.31. The van der Waals surface area contributed by atoms with Crippen LogP contribution in [-0.2, 0) is 9.53 Å². The third kappa shape index (κ3) is 18.2. The van der Waals surface area contributed by atoms with Gasteiger partial charge >= 0.3 is 5.97 Å². The summed E-state index contributed by atoms with van der Waals surface area (Å²) in [5.41, 5.74) is -0.477. The van der Waals surface area contributed by atoms with Crippen LogP contribution in [-0.4, -0.2) is 38.1 Å². The summed E-state index contributed by atoms with van der Waals surface area (Å²) in [5.74, 6) is -0.108. The van der Waals surface area contributed by atoms with Gasteiger partial charge in [-0.15, -0.1) is 0 Å². The minimum Gasteiger partial charge on any atom is -0.465 e. The SMILES string of the molecule is [CH2]C([CH2])(COC(=O)CCCCCCCCCCCCCCC)CN(C)C. The molecular weight excluding hydrogens is 322 g/mol. The normalized spacial score (nSPS) is 11.9. The predicted octanol–water partition coefficient (Wildman–Crippen LogP) is 6.23. The average molecular weight is 368 g/mol. The summed E-state index contributed by atoms with van der Waals surface area (Å²) in [6, 6.07) is 0. The molecule has 0 fully saturated rings. The van der Waals surface area contributed by atoms with Crippen molar-refractivity contribution in [1.29, 1.82) is 0 Å². The molecule has 3 heteroatoms. The van der Waals surface area contributed by atoms with E-state index in [1.165, 1.54) is 70.6 Å². The second-order valence-electron chi connectivity index (χ2n) is 8.39. The first-order valence-corrected chi connectivity index (χ1v) is 10.9. The van der Waals surface area contributed by atoms with Crippen LogP contribution in [0, 0.1) is 19.3 Å². The molecule has 0 rings (SSSR count). The van der Waals surface area contributed by atoms with Crippen LogP contribution in [0.5, 0.6) is 0 Å². The number of carbonyl (C=O) groups excluding carboxylic acids is 1. The van der Waals surface area contributed by atoms with Crippen LogP contribution in [0.2, 0.25) is 0 Å². The number of ether oxygens (including phenoxy) is 1. The van der Waals surface area contributed by atoms with Crippen molar-refractivity contribution < 1.29 is 9.53 Å². The molecule has 0 N–H and O–H groups in total. The molecule has 0 saturated carbocycles. The minimum atomic E-state index is -0.477. The van der Waals surface area contributed by atoms with Gasteiger partial charge in [0, 0.05) is 18.4 Å². The molecule has 0 unspecified atom stereocenters. The maximum atomic E-state index is 11.8. The molecule has 0 saturated heterocycles. The molecule has 2 radical (unpaired) electrons. The molecule has 26 heavy (non-hydrogen) atoms. The number of esters is 1. The lowest BCUT2D eigenvalue weighted by Gasteiger charge is -2.27. The maximum Gasteiger partial charge on any atom is 0.305 e. The Labute approximate surface area is 164 Å². The van der Waals surface area contributed by atoms with Crippen molar-refractivity contribution in [2.24, 2.45) is 5.41 Å². The van der Waals surface area contributed by atoms with Gasteiger partial charge in [-0.1, -0.05) is 84.0 Å². The van der Waals surface area contributed by atoms with Crippen molar-refractivity contribution in [1.82, 2.24) is 4.90 Å². The highest BCUT2D eigenvalue weighted by Gasteiger charge is 2.21. The molecule has 0 amide bonds. The van der Waals surface area contributed by atoms with Gasteiger partial charge in [0.25, 0.3) is 0 Å². The maximum absolute atomic E-state index is 11.8. The molecule has 3 nitrogen and oxygen atoms in total. The van der Waals surface area contributed by atoms with Crippen LogP contribution >= 0.6 is 0 Å². The fraction of sp³-hybridized carbons (Fsp3) is 0.870. The highest BCUT2D eigenvalue weighted by molar-refractivity contribution is 5.69. The zero-order valence-electron chi connectivity index (χ0n) is 18.0. The number of unbranched alkanes of at least 4 members (excludes halogenated alkanes) is 12. The van der Waals surface area contributed by atoms with Crippen molar-refractivity contribution >= 4 is 5.97 Å². The second kappa shape index (κ2) is 16.6. The molecule has 0 heterocycles. The summed E-state index contributed by atoms with van der Waals surface area (Å²) >= 11 is 0. The van der Waals surface area contributed by atoms with E-state index in [2.05, 4.69) is 20.8 Å². The van der Waals surface area contributed by atoms with Crippen LogP contribution in [0.15, 0.2) is 0 Å². The van der Waals surface area contributed by atoms with Crippen LogP contribution in [0.1, 0.15) is 96.8 Å². The van der Waals surface area contributed by atoms with E-state index in [4.69, 9.17) is 4.74 Å². The molecule has 0 aliphatic rings. The highest BCUT2D eigenvalue weighted by atomic mass is 16.5. The molecule has 0 atom stereocenters. The second-order valence-corrected chi connectivity index (χ2v) is 8.39. The van der Waals surface area contributed by atoms with Gasteiger partial charge in [-0.05, 0) is 34.4 Å². The molecule has 154 valence electrons. The zero-order valence-corrected chi connectivity index (χ0v) is 18.0. The van der Waals surface area contributed by atoms with E-state index in [-0.39, 0.29) is 5.97 Å². The Bertz CT molecular complexity index is 326. The lowest BCUT2D eigenvalue weighted by atomic mass is 9.94. The number of carbonyl (C=O) groups is 1. The van der Waals surface area contributed by atoms with Crippen LogP contribution in [0.25, 0.3) is 0 Å². The zero-order chi connectivity index (χ0) is 19.7. The van der Waals surface area contributed by atoms with E-state index >= 15 is 0 Å². The molecule has 0 aliphatic carbocycles. The molecule has 0 spiro atoms. The lowest BCUT2D eigenvalue weighted by molar-refractivity contribution is -0.146. The number of rotatable bonds is 18. The van der Waals surface area contributed by atoms with E-state index in [1.54, 1.807) is 0 Å². The fourth-order valence-electron chi connectivity index (χ4n) is 3.31. The Balaban J connectivity index is 3.35. The Morgan fingerprint density at radius 3 is 1.65 bits per heavy atom. The molecule has 0 aliphatic heterocycles. The Kier molecular flexibility index (Phi) is 16.2. The first-order chi connectivity index (χ1) is 12.4. The number of nitrogens with zero attached hydrogens (tertiary/aromatic N) is 1. The van der Waals surface area contributed by atoms with E-state index in [0.717, 1.165) is 12.8 Å². The summed E-state index contributed by atoms with van der Waals surface area (Å²) < 4.78 is 5.32. The van der Waals surface area contributed by atoms with Crippen molar-refractivity contribution in [3.63, 3.8) is 0 Å². The lowest BCUT2D eigenvalue weighted by Crippen LogP contribution is -2.33.